The van der Waals surface area contributed by atoms with Gasteiger partial charge in [0.2, 0.25) is 0 Å². The second-order valence-corrected chi connectivity index (χ2v) is 6.61. The lowest BCUT2D eigenvalue weighted by atomic mass is 10.1. The predicted molar refractivity (Wildman–Crippen MR) is 84.6 cm³/mol. The zero-order chi connectivity index (χ0) is 15.9. The van der Waals surface area contributed by atoms with Crippen molar-refractivity contribution in [1.29, 1.82) is 0 Å². The Morgan fingerprint density at radius 3 is 1.77 bits per heavy atom. The van der Waals surface area contributed by atoms with E-state index in [1.54, 1.807) is 30.9 Å². The maximum absolute atomic E-state index is 11.5. The third-order valence-corrected chi connectivity index (χ3v) is 4.26. The lowest BCUT2D eigenvalue weighted by Gasteiger charge is -2.10. The fourth-order valence-corrected chi connectivity index (χ4v) is 3.32. The highest BCUT2D eigenvalue weighted by molar-refractivity contribution is 7.50. The fourth-order valence-electron chi connectivity index (χ4n) is 2.65. The monoisotopic (exact) mass is 321 g/mol. The van der Waals surface area contributed by atoms with Crippen LogP contribution in [0.1, 0.15) is 0 Å². The maximum Gasteiger partial charge on any atom is 0.345 e. The van der Waals surface area contributed by atoms with E-state index in [-0.39, 0.29) is 0 Å². The van der Waals surface area contributed by atoms with Crippen molar-refractivity contribution in [3.63, 3.8) is 0 Å². The number of benzene rings is 2. The highest BCUT2D eigenvalue weighted by atomic mass is 31.2. The smallest absolute Gasteiger partial charge is 0.345 e. The summed E-state index contributed by atoms with van der Waals surface area (Å²) >= 11 is 0. The van der Waals surface area contributed by atoms with Crippen molar-refractivity contribution >= 4 is 29.4 Å². The SMILES string of the molecule is COc1ccc2c3ccc(OC)cc3n(CP(=O)(O)O)c2c1. The average molecular weight is 321 g/mol. The lowest BCUT2D eigenvalue weighted by Crippen LogP contribution is -1.98. The first-order chi connectivity index (χ1) is 10.4. The highest BCUT2D eigenvalue weighted by Crippen LogP contribution is 2.42. The van der Waals surface area contributed by atoms with E-state index in [9.17, 15) is 14.4 Å². The van der Waals surface area contributed by atoms with Gasteiger partial charge in [-0.1, -0.05) is 0 Å². The second kappa shape index (κ2) is 5.32. The number of fused-ring (bicyclic) bond motifs is 3. The number of aromatic nitrogens is 1. The van der Waals surface area contributed by atoms with E-state index in [4.69, 9.17) is 9.47 Å². The van der Waals surface area contributed by atoms with Crippen LogP contribution in [0.3, 0.4) is 0 Å². The molecule has 2 aromatic carbocycles. The molecular formula is C15H16NO5P. The summed E-state index contributed by atoms with van der Waals surface area (Å²) in [5.41, 5.74) is 1.43. The van der Waals surface area contributed by atoms with Gasteiger partial charge in [0.25, 0.3) is 0 Å². The lowest BCUT2D eigenvalue weighted by molar-refractivity contribution is 0.364. The van der Waals surface area contributed by atoms with Gasteiger partial charge in [-0.25, -0.2) is 0 Å². The minimum atomic E-state index is -4.23. The molecule has 3 aromatic rings. The van der Waals surface area contributed by atoms with Gasteiger partial charge < -0.3 is 23.8 Å². The predicted octanol–water partition coefficient (Wildman–Crippen LogP) is 2.95. The van der Waals surface area contributed by atoms with E-state index in [2.05, 4.69) is 0 Å². The fraction of sp³-hybridized carbons (Fsp3) is 0.200. The standard InChI is InChI=1S/C15H16NO5P/c1-20-10-3-5-12-13-6-4-11(21-2)8-15(13)16(14(12)7-10)9-22(17,18)19/h3-8H,9H2,1-2H3,(H2,17,18,19). The molecule has 0 aliphatic rings. The molecule has 0 spiro atoms. The third-order valence-electron chi connectivity index (χ3n) is 3.61. The summed E-state index contributed by atoms with van der Waals surface area (Å²) in [6.07, 6.45) is -0.396. The number of rotatable bonds is 4. The molecule has 0 atom stereocenters. The molecular weight excluding hydrogens is 305 g/mol. The number of methoxy groups -OCH3 is 2. The largest absolute Gasteiger partial charge is 0.497 e. The molecule has 0 saturated carbocycles. The molecule has 116 valence electrons. The molecule has 22 heavy (non-hydrogen) atoms. The van der Waals surface area contributed by atoms with Gasteiger partial charge in [-0.3, -0.25) is 4.57 Å². The van der Waals surface area contributed by atoms with E-state index >= 15 is 0 Å². The molecule has 0 aliphatic carbocycles. The van der Waals surface area contributed by atoms with Crippen molar-refractivity contribution in [1.82, 2.24) is 4.57 Å². The van der Waals surface area contributed by atoms with Crippen molar-refractivity contribution in [3.05, 3.63) is 36.4 Å². The van der Waals surface area contributed by atoms with Crippen molar-refractivity contribution in [2.45, 2.75) is 6.29 Å². The Morgan fingerprint density at radius 2 is 1.41 bits per heavy atom. The summed E-state index contributed by atoms with van der Waals surface area (Å²) in [4.78, 5) is 18.8. The summed E-state index contributed by atoms with van der Waals surface area (Å²) in [6.45, 7) is 0. The molecule has 0 bridgehead atoms. The Labute approximate surface area is 127 Å². The normalized spacial score (nSPS) is 12.0. The zero-order valence-corrected chi connectivity index (χ0v) is 13.1. The summed E-state index contributed by atoms with van der Waals surface area (Å²) in [7, 11) is -1.12. The third kappa shape index (κ3) is 2.57. The van der Waals surface area contributed by atoms with Crippen molar-refractivity contribution < 1.29 is 23.8 Å². The van der Waals surface area contributed by atoms with Crippen LogP contribution in [0.5, 0.6) is 11.5 Å². The van der Waals surface area contributed by atoms with Crippen LogP contribution < -0.4 is 9.47 Å². The van der Waals surface area contributed by atoms with Gasteiger partial charge in [-0.2, -0.15) is 0 Å². The summed E-state index contributed by atoms with van der Waals surface area (Å²) < 4.78 is 23.5. The Hall–Kier alpha value is -2.01. The quantitative estimate of drug-likeness (QED) is 0.722. The molecule has 1 heterocycles. The van der Waals surface area contributed by atoms with Crippen LogP contribution in [0.25, 0.3) is 21.8 Å². The van der Waals surface area contributed by atoms with Crippen LogP contribution in [0.4, 0.5) is 0 Å². The molecule has 0 amide bonds. The highest BCUT2D eigenvalue weighted by Gasteiger charge is 2.20. The Morgan fingerprint density at radius 1 is 0.955 bits per heavy atom. The topological polar surface area (TPSA) is 80.9 Å². The van der Waals surface area contributed by atoms with Crippen molar-refractivity contribution in [3.8, 4) is 11.5 Å². The molecule has 7 heteroatoms. The van der Waals surface area contributed by atoms with Gasteiger partial charge in [0.1, 0.15) is 17.8 Å². The number of hydrogen-bond donors (Lipinski definition) is 2. The molecule has 1 aromatic heterocycles. The Kier molecular flexibility index (Phi) is 3.60. The van der Waals surface area contributed by atoms with Crippen LogP contribution in [0, 0.1) is 0 Å². The van der Waals surface area contributed by atoms with Crippen LogP contribution in [0.15, 0.2) is 36.4 Å². The first kappa shape index (κ1) is 14.9. The van der Waals surface area contributed by atoms with Gasteiger partial charge in [0.05, 0.1) is 25.3 Å². The first-order valence-electron chi connectivity index (χ1n) is 6.61. The van der Waals surface area contributed by atoms with E-state index < -0.39 is 13.9 Å². The first-order valence-corrected chi connectivity index (χ1v) is 8.41. The van der Waals surface area contributed by atoms with Gasteiger partial charge in [0.15, 0.2) is 0 Å². The summed E-state index contributed by atoms with van der Waals surface area (Å²) in [5.74, 6) is 1.27. The minimum Gasteiger partial charge on any atom is -0.497 e. The van der Waals surface area contributed by atoms with Crippen molar-refractivity contribution in [2.24, 2.45) is 0 Å². The zero-order valence-electron chi connectivity index (χ0n) is 12.2. The van der Waals surface area contributed by atoms with Crippen molar-refractivity contribution in [2.75, 3.05) is 14.2 Å². The average Bonchev–Trinajstić information content (AvgIpc) is 2.78. The molecule has 6 nitrogen and oxygen atoms in total. The van der Waals surface area contributed by atoms with Crippen LogP contribution in [0.2, 0.25) is 0 Å². The van der Waals surface area contributed by atoms with Crippen LogP contribution in [-0.4, -0.2) is 28.6 Å². The summed E-state index contributed by atoms with van der Waals surface area (Å²) in [6, 6.07) is 11.0. The second-order valence-electron chi connectivity index (χ2n) is 5.00. The van der Waals surface area contributed by atoms with Gasteiger partial charge in [-0.15, -0.1) is 0 Å². The molecule has 0 fully saturated rings. The van der Waals surface area contributed by atoms with E-state index in [1.165, 1.54) is 0 Å². The Bertz CT molecular complexity index is 834. The molecule has 3 rings (SSSR count). The van der Waals surface area contributed by atoms with E-state index in [1.807, 2.05) is 24.3 Å². The van der Waals surface area contributed by atoms with Gasteiger partial charge in [-0.05, 0) is 24.3 Å². The minimum absolute atomic E-state index is 0.396. The van der Waals surface area contributed by atoms with E-state index in [0.29, 0.717) is 22.5 Å². The maximum atomic E-state index is 11.5. The van der Waals surface area contributed by atoms with Gasteiger partial charge in [0, 0.05) is 22.9 Å². The number of hydrogen-bond acceptors (Lipinski definition) is 3. The number of ether oxygens (including phenoxy) is 2. The van der Waals surface area contributed by atoms with Crippen LogP contribution >= 0.6 is 7.60 Å². The molecule has 0 radical (unpaired) electrons. The van der Waals surface area contributed by atoms with Crippen LogP contribution in [-0.2, 0) is 10.9 Å². The van der Waals surface area contributed by atoms with Gasteiger partial charge >= 0.3 is 7.60 Å². The molecule has 0 saturated heterocycles. The molecule has 0 unspecified atom stereocenters. The Balaban J connectivity index is 2.39. The molecule has 2 N–H and O–H groups in total. The van der Waals surface area contributed by atoms with E-state index in [0.717, 1.165) is 10.8 Å². The summed E-state index contributed by atoms with van der Waals surface area (Å²) in [5, 5.41) is 1.82. The molecule has 0 aliphatic heterocycles. The number of nitrogens with zero attached hydrogens (tertiary/aromatic N) is 1.